The molecule has 5 heteroatoms. The van der Waals surface area contributed by atoms with E-state index in [0.29, 0.717) is 21.5 Å². The van der Waals surface area contributed by atoms with Crippen LogP contribution in [0.2, 0.25) is 5.02 Å². The lowest BCUT2D eigenvalue weighted by Crippen LogP contribution is -2.28. The van der Waals surface area contributed by atoms with Crippen LogP contribution < -0.4 is 5.73 Å². The molecule has 20 heavy (non-hydrogen) atoms. The highest BCUT2D eigenvalue weighted by Crippen LogP contribution is 2.40. The molecule has 0 saturated heterocycles. The molecule has 1 aromatic heterocycles. The second-order valence-electron chi connectivity index (χ2n) is 5.62. The van der Waals surface area contributed by atoms with Crippen LogP contribution in [-0.2, 0) is 0 Å². The fourth-order valence-corrected chi connectivity index (χ4v) is 4.03. The summed E-state index contributed by atoms with van der Waals surface area (Å²) < 4.78 is 0.964. The number of thiophene rings is 1. The number of rotatable bonds is 3. The highest BCUT2D eigenvalue weighted by Gasteiger charge is 2.34. The average Bonchev–Trinajstić information content (AvgIpc) is 2.97. The predicted octanol–water partition coefficient (Wildman–Crippen LogP) is 3.86. The van der Waals surface area contributed by atoms with Crippen molar-refractivity contribution in [3.8, 4) is 0 Å². The van der Waals surface area contributed by atoms with Crippen molar-refractivity contribution < 1.29 is 4.79 Å². The zero-order valence-electron chi connectivity index (χ0n) is 11.5. The van der Waals surface area contributed by atoms with E-state index >= 15 is 0 Å². The summed E-state index contributed by atoms with van der Waals surface area (Å²) in [6, 6.07) is 5.63. The molecule has 2 atom stereocenters. The molecule has 1 heterocycles. The van der Waals surface area contributed by atoms with Gasteiger partial charge in [-0.1, -0.05) is 24.6 Å². The number of hydrogen-bond acceptors (Lipinski definition) is 3. The molecule has 1 saturated carbocycles. The molecular weight excluding hydrogens is 292 g/mol. The number of benzene rings is 1. The first-order valence-corrected chi connectivity index (χ1v) is 7.90. The van der Waals surface area contributed by atoms with Crippen molar-refractivity contribution in [2.75, 3.05) is 19.3 Å². The van der Waals surface area contributed by atoms with E-state index in [0.717, 1.165) is 22.5 Å². The van der Waals surface area contributed by atoms with Crippen LogP contribution in [0.25, 0.3) is 10.1 Å². The molecule has 1 amide bonds. The smallest absolute Gasteiger partial charge is 0.265 e. The SMILES string of the molecule is CC1CC1CN(C)C(=O)c1sc2cccc(Cl)c2c1N. The summed E-state index contributed by atoms with van der Waals surface area (Å²) >= 11 is 7.60. The molecule has 106 valence electrons. The second kappa shape index (κ2) is 4.93. The van der Waals surface area contributed by atoms with Crippen molar-refractivity contribution in [2.45, 2.75) is 13.3 Å². The number of nitrogen functional groups attached to an aromatic ring is 1. The summed E-state index contributed by atoms with van der Waals surface area (Å²) in [4.78, 5) is 14.9. The molecule has 0 bridgehead atoms. The maximum Gasteiger partial charge on any atom is 0.265 e. The highest BCUT2D eigenvalue weighted by atomic mass is 35.5. The van der Waals surface area contributed by atoms with Crippen LogP contribution in [0.5, 0.6) is 0 Å². The number of hydrogen-bond donors (Lipinski definition) is 1. The Morgan fingerprint density at radius 1 is 1.55 bits per heavy atom. The third kappa shape index (κ3) is 2.27. The van der Waals surface area contributed by atoms with E-state index in [4.69, 9.17) is 17.3 Å². The number of halogens is 1. The number of nitrogens with two attached hydrogens (primary N) is 1. The van der Waals surface area contributed by atoms with E-state index in [9.17, 15) is 4.79 Å². The normalized spacial score (nSPS) is 21.1. The number of carbonyl (C=O) groups excluding carboxylic acids is 1. The minimum Gasteiger partial charge on any atom is -0.397 e. The first-order chi connectivity index (χ1) is 9.49. The van der Waals surface area contributed by atoms with Crippen LogP contribution in [0.15, 0.2) is 18.2 Å². The van der Waals surface area contributed by atoms with Crippen LogP contribution in [0.1, 0.15) is 23.0 Å². The van der Waals surface area contributed by atoms with Crippen molar-refractivity contribution >= 4 is 44.6 Å². The van der Waals surface area contributed by atoms with Crippen LogP contribution in [0.3, 0.4) is 0 Å². The van der Waals surface area contributed by atoms with Crippen molar-refractivity contribution in [2.24, 2.45) is 11.8 Å². The quantitative estimate of drug-likeness (QED) is 0.935. The Morgan fingerprint density at radius 3 is 2.85 bits per heavy atom. The van der Waals surface area contributed by atoms with Gasteiger partial charge in [-0.3, -0.25) is 4.79 Å². The number of carbonyl (C=O) groups is 1. The molecule has 2 aromatic rings. The van der Waals surface area contributed by atoms with Gasteiger partial charge < -0.3 is 10.6 Å². The molecule has 2 unspecified atom stereocenters. The Hall–Kier alpha value is -1.26. The van der Waals surface area contributed by atoms with Crippen molar-refractivity contribution in [1.82, 2.24) is 4.90 Å². The van der Waals surface area contributed by atoms with E-state index in [2.05, 4.69) is 6.92 Å². The topological polar surface area (TPSA) is 46.3 Å². The van der Waals surface area contributed by atoms with Gasteiger partial charge in [-0.2, -0.15) is 0 Å². The minimum atomic E-state index is -0.00105. The molecule has 1 fully saturated rings. The van der Waals surface area contributed by atoms with Gasteiger partial charge in [-0.15, -0.1) is 11.3 Å². The summed E-state index contributed by atoms with van der Waals surface area (Å²) in [5.41, 5.74) is 6.64. The molecule has 0 aliphatic heterocycles. The first-order valence-electron chi connectivity index (χ1n) is 6.71. The van der Waals surface area contributed by atoms with Crippen LogP contribution >= 0.6 is 22.9 Å². The van der Waals surface area contributed by atoms with Gasteiger partial charge in [0.1, 0.15) is 4.88 Å². The molecule has 1 aliphatic carbocycles. The van der Waals surface area contributed by atoms with E-state index in [1.54, 1.807) is 11.0 Å². The molecule has 3 rings (SSSR count). The average molecular weight is 309 g/mol. The zero-order chi connectivity index (χ0) is 14.4. The van der Waals surface area contributed by atoms with Crippen molar-refractivity contribution in [1.29, 1.82) is 0 Å². The maximum absolute atomic E-state index is 12.5. The molecule has 1 aromatic carbocycles. The number of anilines is 1. The molecule has 3 nitrogen and oxygen atoms in total. The molecule has 1 aliphatic rings. The van der Waals surface area contributed by atoms with Gasteiger partial charge in [0.15, 0.2) is 0 Å². The third-order valence-electron chi connectivity index (χ3n) is 4.03. The number of amides is 1. The monoisotopic (exact) mass is 308 g/mol. The third-order valence-corrected chi connectivity index (χ3v) is 5.50. The van der Waals surface area contributed by atoms with E-state index in [-0.39, 0.29) is 5.91 Å². The Labute approximate surface area is 127 Å². The Bertz CT molecular complexity index is 682. The molecular formula is C15H17ClN2OS. The summed E-state index contributed by atoms with van der Waals surface area (Å²) in [5, 5.41) is 1.41. The number of fused-ring (bicyclic) bond motifs is 1. The summed E-state index contributed by atoms with van der Waals surface area (Å²) in [7, 11) is 1.85. The lowest BCUT2D eigenvalue weighted by Gasteiger charge is -2.16. The van der Waals surface area contributed by atoms with Gasteiger partial charge in [-0.05, 0) is 30.4 Å². The Morgan fingerprint density at radius 2 is 2.25 bits per heavy atom. The molecule has 0 radical (unpaired) electrons. The minimum absolute atomic E-state index is 0.00105. The van der Waals surface area contributed by atoms with Gasteiger partial charge in [0, 0.05) is 23.7 Å². The van der Waals surface area contributed by atoms with Gasteiger partial charge >= 0.3 is 0 Å². The van der Waals surface area contributed by atoms with Gasteiger partial charge in [0.25, 0.3) is 5.91 Å². The van der Waals surface area contributed by atoms with E-state index < -0.39 is 0 Å². The van der Waals surface area contributed by atoms with Crippen LogP contribution in [0, 0.1) is 11.8 Å². The Balaban J connectivity index is 1.91. The Kier molecular flexibility index (Phi) is 3.38. The van der Waals surface area contributed by atoms with Gasteiger partial charge in [0.05, 0.1) is 10.7 Å². The summed E-state index contributed by atoms with van der Waals surface area (Å²) in [5.74, 6) is 1.38. The maximum atomic E-state index is 12.5. The van der Waals surface area contributed by atoms with Gasteiger partial charge in [-0.25, -0.2) is 0 Å². The lowest BCUT2D eigenvalue weighted by molar-refractivity contribution is 0.0793. The summed E-state index contributed by atoms with van der Waals surface area (Å²) in [6.45, 7) is 3.03. The first kappa shape index (κ1) is 13.7. The number of nitrogens with zero attached hydrogens (tertiary/aromatic N) is 1. The van der Waals surface area contributed by atoms with E-state index in [1.165, 1.54) is 17.8 Å². The van der Waals surface area contributed by atoms with Crippen LogP contribution in [-0.4, -0.2) is 24.4 Å². The lowest BCUT2D eigenvalue weighted by atomic mass is 10.2. The largest absolute Gasteiger partial charge is 0.397 e. The second-order valence-corrected chi connectivity index (χ2v) is 7.08. The highest BCUT2D eigenvalue weighted by molar-refractivity contribution is 7.21. The fourth-order valence-electron chi connectivity index (χ4n) is 2.55. The van der Waals surface area contributed by atoms with Crippen LogP contribution in [0.4, 0.5) is 5.69 Å². The predicted molar refractivity (Wildman–Crippen MR) is 85.5 cm³/mol. The van der Waals surface area contributed by atoms with Crippen molar-refractivity contribution in [3.05, 3.63) is 28.1 Å². The zero-order valence-corrected chi connectivity index (χ0v) is 13.1. The summed E-state index contributed by atoms with van der Waals surface area (Å²) in [6.07, 6.45) is 1.21. The van der Waals surface area contributed by atoms with Crippen molar-refractivity contribution in [3.63, 3.8) is 0 Å². The fraction of sp³-hybridized carbons (Fsp3) is 0.400. The van der Waals surface area contributed by atoms with E-state index in [1.807, 2.05) is 19.2 Å². The molecule has 2 N–H and O–H groups in total. The van der Waals surface area contributed by atoms with Gasteiger partial charge in [0.2, 0.25) is 0 Å². The molecule has 0 spiro atoms. The standard InChI is InChI=1S/C15H17ClN2OS/c1-8-6-9(8)7-18(2)15(19)14-13(17)12-10(16)4-3-5-11(12)20-14/h3-5,8-9H,6-7,17H2,1-2H3.